The van der Waals surface area contributed by atoms with Crippen LogP contribution in [0.4, 0.5) is 0 Å². The molecule has 3 nitrogen and oxygen atoms in total. The van der Waals surface area contributed by atoms with Crippen LogP contribution in [-0.4, -0.2) is 25.3 Å². The van der Waals surface area contributed by atoms with E-state index >= 15 is 0 Å². The van der Waals surface area contributed by atoms with E-state index in [0.29, 0.717) is 19.6 Å². The van der Waals surface area contributed by atoms with Crippen molar-refractivity contribution in [1.29, 1.82) is 0 Å². The Bertz CT molecular complexity index is 176. The molecule has 0 fully saturated rings. The van der Waals surface area contributed by atoms with E-state index in [4.69, 9.17) is 9.47 Å². The molecule has 0 aliphatic rings. The van der Waals surface area contributed by atoms with Gasteiger partial charge in [-0.25, -0.2) is 0 Å². The largest absolute Gasteiger partial charge is 0.346 e. The quantitative estimate of drug-likeness (QED) is 0.614. The number of carbonyl (C=O) groups excluding carboxylic acids is 1. The number of rotatable bonds is 7. The summed E-state index contributed by atoms with van der Waals surface area (Å²) in [6.07, 6.45) is 0.721. The van der Waals surface area contributed by atoms with Gasteiger partial charge in [-0.2, -0.15) is 0 Å². The van der Waals surface area contributed by atoms with Crippen molar-refractivity contribution in [2.24, 2.45) is 5.41 Å². The van der Waals surface area contributed by atoms with Crippen molar-refractivity contribution in [1.82, 2.24) is 0 Å². The van der Waals surface area contributed by atoms with Crippen molar-refractivity contribution in [3.8, 4) is 0 Å². The summed E-state index contributed by atoms with van der Waals surface area (Å²) in [6, 6.07) is 0. The van der Waals surface area contributed by atoms with E-state index < -0.39 is 6.29 Å². The first-order valence-electron chi connectivity index (χ1n) is 5.66. The molecular formula is C12H24O3. The average Bonchev–Trinajstić information content (AvgIpc) is 2.13. The van der Waals surface area contributed by atoms with Crippen LogP contribution in [0.25, 0.3) is 0 Å². The second kappa shape index (κ2) is 6.96. The van der Waals surface area contributed by atoms with Gasteiger partial charge in [0.2, 0.25) is 6.29 Å². The van der Waals surface area contributed by atoms with Crippen molar-refractivity contribution in [2.75, 3.05) is 13.2 Å². The van der Waals surface area contributed by atoms with Gasteiger partial charge in [-0.3, -0.25) is 4.79 Å². The van der Waals surface area contributed by atoms with E-state index in [1.54, 1.807) is 0 Å². The van der Waals surface area contributed by atoms with E-state index in [1.807, 2.05) is 13.8 Å². The number of ether oxygens (including phenoxy) is 2. The van der Waals surface area contributed by atoms with Gasteiger partial charge in [-0.05, 0) is 25.7 Å². The SMILES string of the molecule is CCOC(OCC)C(=O)CCC(C)(C)C. The molecule has 0 bridgehead atoms. The summed E-state index contributed by atoms with van der Waals surface area (Å²) in [4.78, 5) is 11.7. The highest BCUT2D eigenvalue weighted by atomic mass is 16.7. The molecule has 0 aliphatic carbocycles. The van der Waals surface area contributed by atoms with Crippen LogP contribution >= 0.6 is 0 Å². The molecule has 0 aromatic heterocycles. The van der Waals surface area contributed by atoms with Crippen molar-refractivity contribution >= 4 is 5.78 Å². The van der Waals surface area contributed by atoms with Crippen LogP contribution in [0.5, 0.6) is 0 Å². The van der Waals surface area contributed by atoms with Crippen molar-refractivity contribution < 1.29 is 14.3 Å². The number of hydrogen-bond acceptors (Lipinski definition) is 3. The van der Waals surface area contributed by atoms with Gasteiger partial charge in [0.25, 0.3) is 0 Å². The minimum absolute atomic E-state index is 0.0497. The Morgan fingerprint density at radius 1 is 1.13 bits per heavy atom. The lowest BCUT2D eigenvalue weighted by Gasteiger charge is -2.20. The van der Waals surface area contributed by atoms with Gasteiger partial charge >= 0.3 is 0 Å². The Morgan fingerprint density at radius 2 is 1.60 bits per heavy atom. The van der Waals surface area contributed by atoms with Crippen LogP contribution < -0.4 is 0 Å². The smallest absolute Gasteiger partial charge is 0.217 e. The van der Waals surface area contributed by atoms with Crippen LogP contribution in [-0.2, 0) is 14.3 Å². The molecule has 15 heavy (non-hydrogen) atoms. The van der Waals surface area contributed by atoms with Crippen LogP contribution in [0.2, 0.25) is 0 Å². The van der Waals surface area contributed by atoms with Gasteiger partial charge < -0.3 is 9.47 Å². The van der Waals surface area contributed by atoms with E-state index in [0.717, 1.165) is 6.42 Å². The molecule has 0 heterocycles. The van der Waals surface area contributed by atoms with Crippen LogP contribution in [0.15, 0.2) is 0 Å². The third-order valence-electron chi connectivity index (χ3n) is 2.02. The zero-order valence-corrected chi connectivity index (χ0v) is 10.6. The molecule has 90 valence electrons. The zero-order chi connectivity index (χ0) is 11.9. The molecular weight excluding hydrogens is 192 g/mol. The summed E-state index contributed by atoms with van der Waals surface area (Å²) >= 11 is 0. The minimum atomic E-state index is -0.664. The Hall–Kier alpha value is -0.410. The van der Waals surface area contributed by atoms with Crippen LogP contribution in [0.3, 0.4) is 0 Å². The highest BCUT2D eigenvalue weighted by Gasteiger charge is 2.21. The monoisotopic (exact) mass is 216 g/mol. The Kier molecular flexibility index (Phi) is 6.77. The topological polar surface area (TPSA) is 35.5 Å². The van der Waals surface area contributed by atoms with Gasteiger partial charge in [0.1, 0.15) is 0 Å². The summed E-state index contributed by atoms with van der Waals surface area (Å²) in [7, 11) is 0. The summed E-state index contributed by atoms with van der Waals surface area (Å²) in [6.45, 7) is 11.1. The maximum Gasteiger partial charge on any atom is 0.217 e. The summed E-state index contributed by atoms with van der Waals surface area (Å²) in [5, 5.41) is 0. The molecule has 0 aromatic carbocycles. The predicted molar refractivity (Wildman–Crippen MR) is 60.7 cm³/mol. The first-order chi connectivity index (χ1) is 6.90. The lowest BCUT2D eigenvalue weighted by molar-refractivity contribution is -0.168. The van der Waals surface area contributed by atoms with Crippen LogP contribution in [0.1, 0.15) is 47.5 Å². The van der Waals surface area contributed by atoms with Crippen molar-refractivity contribution in [2.45, 2.75) is 53.8 Å². The molecule has 0 radical (unpaired) electrons. The molecule has 0 aromatic rings. The van der Waals surface area contributed by atoms with E-state index in [-0.39, 0.29) is 11.2 Å². The first-order valence-corrected chi connectivity index (χ1v) is 5.66. The van der Waals surface area contributed by atoms with Crippen molar-refractivity contribution in [3.05, 3.63) is 0 Å². The molecule has 0 spiro atoms. The number of ketones is 1. The molecule has 0 saturated heterocycles. The first kappa shape index (κ1) is 14.6. The molecule has 0 unspecified atom stereocenters. The second-order valence-corrected chi connectivity index (χ2v) is 4.77. The predicted octanol–water partition coefficient (Wildman–Crippen LogP) is 2.78. The molecule has 0 amide bonds. The third kappa shape index (κ3) is 7.51. The number of hydrogen-bond donors (Lipinski definition) is 0. The van der Waals surface area contributed by atoms with Gasteiger partial charge in [-0.1, -0.05) is 20.8 Å². The fraction of sp³-hybridized carbons (Fsp3) is 0.917. The summed E-state index contributed by atoms with van der Waals surface area (Å²) in [5.41, 5.74) is 0.179. The molecule has 0 atom stereocenters. The van der Waals surface area contributed by atoms with E-state index in [1.165, 1.54) is 0 Å². The molecule has 0 saturated carbocycles. The highest BCUT2D eigenvalue weighted by molar-refractivity contribution is 5.81. The maximum atomic E-state index is 11.7. The van der Waals surface area contributed by atoms with Gasteiger partial charge in [-0.15, -0.1) is 0 Å². The Morgan fingerprint density at radius 3 is 1.93 bits per heavy atom. The van der Waals surface area contributed by atoms with Crippen LogP contribution in [0, 0.1) is 5.41 Å². The summed E-state index contributed by atoms with van der Waals surface area (Å²) in [5.74, 6) is 0.0497. The number of Topliss-reactive ketones (excluding diaryl/α,β-unsaturated/α-hetero) is 1. The molecule has 0 rings (SSSR count). The molecule has 0 N–H and O–H groups in total. The average molecular weight is 216 g/mol. The fourth-order valence-electron chi connectivity index (χ4n) is 1.15. The maximum absolute atomic E-state index is 11.7. The minimum Gasteiger partial charge on any atom is -0.346 e. The fourth-order valence-corrected chi connectivity index (χ4v) is 1.15. The molecule has 0 aliphatic heterocycles. The summed E-state index contributed by atoms with van der Waals surface area (Å²) < 4.78 is 10.5. The zero-order valence-electron chi connectivity index (χ0n) is 10.6. The number of carbonyl (C=O) groups is 1. The lowest BCUT2D eigenvalue weighted by atomic mass is 9.89. The standard InChI is InChI=1S/C12H24O3/c1-6-14-11(15-7-2)10(13)8-9-12(3,4)5/h11H,6-9H2,1-5H3. The van der Waals surface area contributed by atoms with Gasteiger partial charge in [0.05, 0.1) is 0 Å². The second-order valence-electron chi connectivity index (χ2n) is 4.77. The Balaban J connectivity index is 4.02. The van der Waals surface area contributed by atoms with Crippen molar-refractivity contribution in [3.63, 3.8) is 0 Å². The lowest BCUT2D eigenvalue weighted by Crippen LogP contribution is -2.28. The van der Waals surface area contributed by atoms with E-state index in [2.05, 4.69) is 20.8 Å². The third-order valence-corrected chi connectivity index (χ3v) is 2.02. The normalized spacial score (nSPS) is 12.1. The Labute approximate surface area is 93.1 Å². The van der Waals surface area contributed by atoms with Gasteiger partial charge in [0, 0.05) is 19.6 Å². The van der Waals surface area contributed by atoms with Gasteiger partial charge in [0.15, 0.2) is 5.78 Å². The highest BCUT2D eigenvalue weighted by Crippen LogP contribution is 2.21. The van der Waals surface area contributed by atoms with E-state index in [9.17, 15) is 4.79 Å². The molecule has 3 heteroatoms.